The Morgan fingerprint density at radius 1 is 1.04 bits per heavy atom. The highest BCUT2D eigenvalue weighted by atomic mass is 19.1. The number of hydrogen-bond donors (Lipinski definition) is 2. The van der Waals surface area contributed by atoms with Crippen LogP contribution in [0, 0.1) is 11.6 Å². The molecule has 0 fully saturated rings. The van der Waals surface area contributed by atoms with E-state index in [2.05, 4.69) is 5.32 Å². The lowest BCUT2D eigenvalue weighted by Gasteiger charge is -2.15. The molecule has 3 N–H and O–H groups in total. The van der Waals surface area contributed by atoms with Crippen LogP contribution in [0.2, 0.25) is 0 Å². The topological polar surface area (TPSA) is 72.2 Å². The molecular weight excluding hydrogens is 302 g/mol. The van der Waals surface area contributed by atoms with E-state index in [0.29, 0.717) is 18.9 Å². The van der Waals surface area contributed by atoms with Gasteiger partial charge < -0.3 is 11.1 Å². The van der Waals surface area contributed by atoms with Gasteiger partial charge in [0.25, 0.3) is 5.91 Å². The molecule has 1 atom stereocenters. The lowest BCUT2D eigenvalue weighted by atomic mass is 10.0. The van der Waals surface area contributed by atoms with E-state index in [9.17, 15) is 18.4 Å². The third-order valence-corrected chi connectivity index (χ3v) is 3.34. The number of rotatable bonds is 6. The normalized spacial score (nSPS) is 11.7. The number of halogens is 2. The van der Waals surface area contributed by atoms with Crippen LogP contribution in [0.4, 0.5) is 8.78 Å². The summed E-state index contributed by atoms with van der Waals surface area (Å²) >= 11 is 0. The molecule has 0 unspecified atom stereocenters. The fourth-order valence-electron chi connectivity index (χ4n) is 2.17. The zero-order chi connectivity index (χ0) is 16.8. The zero-order valence-electron chi connectivity index (χ0n) is 12.3. The van der Waals surface area contributed by atoms with E-state index in [-0.39, 0.29) is 5.56 Å². The minimum atomic E-state index is -0.922. The Hall–Kier alpha value is -2.76. The molecule has 2 aromatic carbocycles. The number of benzene rings is 2. The van der Waals surface area contributed by atoms with Crippen molar-refractivity contribution in [2.45, 2.75) is 18.9 Å². The number of carbonyl (C=O) groups is 2. The minimum Gasteiger partial charge on any atom is -0.368 e. The Morgan fingerprint density at radius 2 is 1.65 bits per heavy atom. The third kappa shape index (κ3) is 4.88. The summed E-state index contributed by atoms with van der Waals surface area (Å²) < 4.78 is 26.3. The molecule has 2 amide bonds. The first-order valence-corrected chi connectivity index (χ1v) is 7.06. The van der Waals surface area contributed by atoms with E-state index >= 15 is 0 Å². The van der Waals surface area contributed by atoms with Crippen LogP contribution in [-0.2, 0) is 11.2 Å². The maximum Gasteiger partial charge on any atom is 0.252 e. The van der Waals surface area contributed by atoms with Gasteiger partial charge in [-0.2, -0.15) is 0 Å². The second kappa shape index (κ2) is 7.49. The molecule has 120 valence electrons. The van der Waals surface area contributed by atoms with E-state index in [0.717, 1.165) is 17.7 Å². The number of nitrogens with one attached hydrogen (secondary N) is 1. The Kier molecular flexibility index (Phi) is 5.41. The molecule has 0 aliphatic rings. The Balaban J connectivity index is 2.04. The van der Waals surface area contributed by atoms with Crippen molar-refractivity contribution in [3.63, 3.8) is 0 Å². The van der Waals surface area contributed by atoms with Gasteiger partial charge in [-0.1, -0.05) is 30.3 Å². The summed E-state index contributed by atoms with van der Waals surface area (Å²) in [6.45, 7) is 0. The van der Waals surface area contributed by atoms with Gasteiger partial charge in [-0.05, 0) is 30.5 Å². The molecule has 2 rings (SSSR count). The smallest absolute Gasteiger partial charge is 0.252 e. The van der Waals surface area contributed by atoms with Crippen LogP contribution in [0.3, 0.4) is 0 Å². The first-order valence-electron chi connectivity index (χ1n) is 7.06. The Morgan fingerprint density at radius 3 is 2.22 bits per heavy atom. The number of amides is 2. The summed E-state index contributed by atoms with van der Waals surface area (Å²) in [5.41, 5.74) is 6.08. The van der Waals surface area contributed by atoms with E-state index in [1.807, 2.05) is 30.3 Å². The Labute approximate surface area is 132 Å². The fourth-order valence-corrected chi connectivity index (χ4v) is 2.17. The van der Waals surface area contributed by atoms with Crippen LogP contribution in [0.5, 0.6) is 0 Å². The van der Waals surface area contributed by atoms with Crippen LogP contribution < -0.4 is 11.1 Å². The summed E-state index contributed by atoms with van der Waals surface area (Å²) in [4.78, 5) is 23.5. The van der Waals surface area contributed by atoms with Crippen LogP contribution in [0.25, 0.3) is 0 Å². The number of aryl methyl sites for hydroxylation is 1. The van der Waals surface area contributed by atoms with E-state index < -0.39 is 29.5 Å². The summed E-state index contributed by atoms with van der Waals surface area (Å²) in [6, 6.07) is 10.9. The monoisotopic (exact) mass is 318 g/mol. The minimum absolute atomic E-state index is 0.200. The summed E-state index contributed by atoms with van der Waals surface area (Å²) in [6.07, 6.45) is 0.828. The average Bonchev–Trinajstić information content (AvgIpc) is 2.51. The van der Waals surface area contributed by atoms with Gasteiger partial charge >= 0.3 is 0 Å². The first-order chi connectivity index (χ1) is 11.0. The average molecular weight is 318 g/mol. The predicted molar refractivity (Wildman–Crippen MR) is 81.6 cm³/mol. The molecule has 0 spiro atoms. The Bertz CT molecular complexity index is 685. The number of hydrogen-bond acceptors (Lipinski definition) is 2. The highest BCUT2D eigenvalue weighted by molar-refractivity contribution is 5.97. The van der Waals surface area contributed by atoms with Crippen molar-refractivity contribution in [3.8, 4) is 0 Å². The van der Waals surface area contributed by atoms with Crippen LogP contribution in [0.1, 0.15) is 22.3 Å². The largest absolute Gasteiger partial charge is 0.368 e. The second-order valence-corrected chi connectivity index (χ2v) is 5.11. The second-order valence-electron chi connectivity index (χ2n) is 5.11. The molecular formula is C17H16F2N2O2. The standard InChI is InChI=1S/C17H16F2N2O2/c18-13-8-12(9-14(19)10-13)17(23)21-15(16(20)22)7-6-11-4-2-1-3-5-11/h1-5,8-10,15H,6-7H2,(H2,20,22)(H,21,23)/t15-/m0/s1. The molecule has 4 nitrogen and oxygen atoms in total. The van der Waals surface area contributed by atoms with Gasteiger partial charge in [0.1, 0.15) is 17.7 Å². The van der Waals surface area contributed by atoms with Crippen molar-refractivity contribution in [1.29, 1.82) is 0 Å². The van der Waals surface area contributed by atoms with Gasteiger partial charge in [0.2, 0.25) is 5.91 Å². The molecule has 23 heavy (non-hydrogen) atoms. The van der Waals surface area contributed by atoms with Crippen molar-refractivity contribution >= 4 is 11.8 Å². The van der Waals surface area contributed by atoms with E-state index in [1.54, 1.807) is 0 Å². The van der Waals surface area contributed by atoms with Crippen molar-refractivity contribution in [1.82, 2.24) is 5.32 Å². The van der Waals surface area contributed by atoms with Crippen molar-refractivity contribution in [3.05, 3.63) is 71.3 Å². The van der Waals surface area contributed by atoms with Gasteiger partial charge in [-0.15, -0.1) is 0 Å². The molecule has 0 heterocycles. The third-order valence-electron chi connectivity index (χ3n) is 3.34. The molecule has 0 radical (unpaired) electrons. The lowest BCUT2D eigenvalue weighted by Crippen LogP contribution is -2.44. The molecule has 2 aromatic rings. The first kappa shape index (κ1) is 16.6. The highest BCUT2D eigenvalue weighted by Crippen LogP contribution is 2.10. The van der Waals surface area contributed by atoms with Crippen molar-refractivity contribution < 1.29 is 18.4 Å². The van der Waals surface area contributed by atoms with Crippen molar-refractivity contribution in [2.75, 3.05) is 0 Å². The zero-order valence-corrected chi connectivity index (χ0v) is 12.3. The number of carbonyl (C=O) groups excluding carboxylic acids is 2. The van der Waals surface area contributed by atoms with Crippen LogP contribution in [0.15, 0.2) is 48.5 Å². The van der Waals surface area contributed by atoms with Gasteiger partial charge in [-0.25, -0.2) is 8.78 Å². The molecule has 0 aliphatic carbocycles. The van der Waals surface area contributed by atoms with Crippen LogP contribution in [-0.4, -0.2) is 17.9 Å². The van der Waals surface area contributed by atoms with Gasteiger partial charge in [-0.3, -0.25) is 9.59 Å². The summed E-state index contributed by atoms with van der Waals surface area (Å²) in [7, 11) is 0. The predicted octanol–water partition coefficient (Wildman–Crippen LogP) is 2.18. The summed E-state index contributed by atoms with van der Waals surface area (Å²) in [5.74, 6) is -3.18. The number of nitrogens with two attached hydrogens (primary N) is 1. The molecule has 0 bridgehead atoms. The molecule has 6 heteroatoms. The molecule has 0 saturated heterocycles. The summed E-state index contributed by atoms with van der Waals surface area (Å²) in [5, 5.41) is 2.41. The van der Waals surface area contributed by atoms with Gasteiger partial charge in [0.05, 0.1) is 0 Å². The van der Waals surface area contributed by atoms with E-state index in [4.69, 9.17) is 5.73 Å². The van der Waals surface area contributed by atoms with E-state index in [1.165, 1.54) is 0 Å². The molecule has 0 aliphatic heterocycles. The maximum absolute atomic E-state index is 13.1. The molecule has 0 saturated carbocycles. The number of primary amides is 1. The SMILES string of the molecule is NC(=O)[C@H](CCc1ccccc1)NC(=O)c1cc(F)cc(F)c1. The maximum atomic E-state index is 13.1. The van der Waals surface area contributed by atoms with Gasteiger partial charge in [0, 0.05) is 11.6 Å². The van der Waals surface area contributed by atoms with Gasteiger partial charge in [0.15, 0.2) is 0 Å². The quantitative estimate of drug-likeness (QED) is 0.857. The van der Waals surface area contributed by atoms with Crippen molar-refractivity contribution in [2.24, 2.45) is 5.73 Å². The molecule has 0 aromatic heterocycles. The highest BCUT2D eigenvalue weighted by Gasteiger charge is 2.19. The lowest BCUT2D eigenvalue weighted by molar-refractivity contribution is -0.120. The fraction of sp³-hybridized carbons (Fsp3) is 0.176. The van der Waals surface area contributed by atoms with Crippen LogP contribution >= 0.6 is 0 Å².